The third-order valence-electron chi connectivity index (χ3n) is 4.40. The van der Waals surface area contributed by atoms with Crippen molar-refractivity contribution in [2.45, 2.75) is 6.92 Å². The highest BCUT2D eigenvalue weighted by molar-refractivity contribution is 6.08. The van der Waals surface area contributed by atoms with Crippen LogP contribution in [-0.4, -0.2) is 32.2 Å². The molecule has 1 aromatic heterocycles. The van der Waals surface area contributed by atoms with Crippen LogP contribution in [0.2, 0.25) is 0 Å². The zero-order chi connectivity index (χ0) is 19.6. The standard InChI is InChI=1S/C20H21N3O4/c1-11-14(6-5-7-16(11)25-2)23-19-12-8-17(26-3)18(27-4)9-15(12)22-10-13(19)20(21)24/h5-10H,1-4H3,(H2,21,24)(H,22,23). The number of nitrogens with one attached hydrogen (secondary N) is 1. The lowest BCUT2D eigenvalue weighted by Gasteiger charge is -2.17. The molecule has 3 N–H and O–H groups in total. The number of pyridine rings is 1. The second-order valence-electron chi connectivity index (χ2n) is 5.89. The van der Waals surface area contributed by atoms with E-state index in [9.17, 15) is 4.79 Å². The van der Waals surface area contributed by atoms with Gasteiger partial charge in [-0.05, 0) is 25.1 Å². The summed E-state index contributed by atoms with van der Waals surface area (Å²) in [6.45, 7) is 1.93. The highest BCUT2D eigenvalue weighted by Gasteiger charge is 2.17. The molecule has 0 bridgehead atoms. The molecule has 140 valence electrons. The van der Waals surface area contributed by atoms with Crippen LogP contribution < -0.4 is 25.3 Å². The lowest BCUT2D eigenvalue weighted by Crippen LogP contribution is -2.14. The van der Waals surface area contributed by atoms with Gasteiger partial charge in [-0.2, -0.15) is 0 Å². The maximum Gasteiger partial charge on any atom is 0.252 e. The molecule has 27 heavy (non-hydrogen) atoms. The minimum atomic E-state index is -0.581. The predicted octanol–water partition coefficient (Wildman–Crippen LogP) is 3.41. The van der Waals surface area contributed by atoms with Crippen LogP contribution in [0.3, 0.4) is 0 Å². The van der Waals surface area contributed by atoms with Crippen molar-refractivity contribution in [3.8, 4) is 17.2 Å². The molecule has 7 heteroatoms. The van der Waals surface area contributed by atoms with Crippen LogP contribution >= 0.6 is 0 Å². The molecule has 0 spiro atoms. The molecule has 1 heterocycles. The maximum absolute atomic E-state index is 12.0. The van der Waals surface area contributed by atoms with Crippen molar-refractivity contribution in [1.29, 1.82) is 0 Å². The summed E-state index contributed by atoms with van der Waals surface area (Å²) in [5.74, 6) is 1.23. The van der Waals surface area contributed by atoms with Gasteiger partial charge in [-0.25, -0.2) is 0 Å². The lowest BCUT2D eigenvalue weighted by molar-refractivity contribution is 0.100. The highest BCUT2D eigenvalue weighted by atomic mass is 16.5. The van der Waals surface area contributed by atoms with Crippen LogP contribution in [0.15, 0.2) is 36.5 Å². The first-order chi connectivity index (χ1) is 13.0. The number of hydrogen-bond acceptors (Lipinski definition) is 6. The SMILES string of the molecule is COc1cc2ncc(C(N)=O)c(Nc3cccc(OC)c3C)c2cc1OC. The van der Waals surface area contributed by atoms with E-state index in [2.05, 4.69) is 10.3 Å². The van der Waals surface area contributed by atoms with E-state index in [4.69, 9.17) is 19.9 Å². The Bertz CT molecular complexity index is 1020. The van der Waals surface area contributed by atoms with Crippen LogP contribution in [0.25, 0.3) is 10.9 Å². The molecule has 0 saturated heterocycles. The first-order valence-electron chi connectivity index (χ1n) is 8.25. The topological polar surface area (TPSA) is 95.7 Å². The minimum Gasteiger partial charge on any atom is -0.496 e. The Labute approximate surface area is 157 Å². The van der Waals surface area contributed by atoms with Crippen LogP contribution in [-0.2, 0) is 0 Å². The van der Waals surface area contributed by atoms with Crippen LogP contribution in [0, 0.1) is 6.92 Å². The molecule has 0 aliphatic heterocycles. The molecule has 0 saturated carbocycles. The van der Waals surface area contributed by atoms with Gasteiger partial charge in [0.05, 0.1) is 38.1 Å². The number of nitrogens with two attached hydrogens (primary N) is 1. The molecule has 0 aliphatic carbocycles. The van der Waals surface area contributed by atoms with Crippen LogP contribution in [0.1, 0.15) is 15.9 Å². The van der Waals surface area contributed by atoms with E-state index < -0.39 is 5.91 Å². The van der Waals surface area contributed by atoms with Crippen molar-refractivity contribution >= 4 is 28.2 Å². The third-order valence-corrected chi connectivity index (χ3v) is 4.40. The Balaban J connectivity index is 2.25. The molecular formula is C20H21N3O4. The maximum atomic E-state index is 12.0. The molecule has 1 amide bonds. The van der Waals surface area contributed by atoms with Gasteiger partial charge in [-0.3, -0.25) is 9.78 Å². The summed E-state index contributed by atoms with van der Waals surface area (Å²) in [7, 11) is 4.72. The van der Waals surface area contributed by atoms with Gasteiger partial charge < -0.3 is 25.3 Å². The van der Waals surface area contributed by atoms with Gasteiger partial charge in [0.2, 0.25) is 0 Å². The number of primary amides is 1. The molecule has 2 aromatic carbocycles. The van der Waals surface area contributed by atoms with E-state index in [0.717, 1.165) is 17.0 Å². The smallest absolute Gasteiger partial charge is 0.252 e. The average Bonchev–Trinajstić information content (AvgIpc) is 2.68. The molecule has 0 aliphatic rings. The van der Waals surface area contributed by atoms with Gasteiger partial charge in [-0.1, -0.05) is 6.07 Å². The first-order valence-corrected chi connectivity index (χ1v) is 8.25. The largest absolute Gasteiger partial charge is 0.496 e. The Morgan fingerprint density at radius 3 is 2.33 bits per heavy atom. The predicted molar refractivity (Wildman–Crippen MR) is 104 cm³/mol. The monoisotopic (exact) mass is 367 g/mol. The second kappa shape index (κ2) is 7.41. The van der Waals surface area contributed by atoms with Crippen LogP contribution in [0.4, 0.5) is 11.4 Å². The van der Waals surface area contributed by atoms with Gasteiger partial charge in [0.25, 0.3) is 5.91 Å². The molecule has 0 radical (unpaired) electrons. The minimum absolute atomic E-state index is 0.275. The number of rotatable bonds is 6. The van der Waals surface area contributed by atoms with E-state index in [0.29, 0.717) is 28.1 Å². The Morgan fingerprint density at radius 2 is 1.70 bits per heavy atom. The van der Waals surface area contributed by atoms with Gasteiger partial charge >= 0.3 is 0 Å². The number of carbonyl (C=O) groups excluding carboxylic acids is 1. The number of fused-ring (bicyclic) bond motifs is 1. The zero-order valence-corrected chi connectivity index (χ0v) is 15.6. The Hall–Kier alpha value is -3.48. The normalized spacial score (nSPS) is 10.5. The summed E-state index contributed by atoms with van der Waals surface area (Å²) in [5.41, 5.74) is 8.74. The number of amides is 1. The van der Waals surface area contributed by atoms with Gasteiger partial charge in [0.15, 0.2) is 11.5 Å². The second-order valence-corrected chi connectivity index (χ2v) is 5.89. The summed E-state index contributed by atoms with van der Waals surface area (Å²) >= 11 is 0. The quantitative estimate of drug-likeness (QED) is 0.693. The fourth-order valence-corrected chi connectivity index (χ4v) is 2.95. The summed E-state index contributed by atoms with van der Waals surface area (Å²) < 4.78 is 16.1. The van der Waals surface area contributed by atoms with E-state index in [-0.39, 0.29) is 5.56 Å². The van der Waals surface area contributed by atoms with Crippen molar-refractivity contribution in [1.82, 2.24) is 4.98 Å². The van der Waals surface area contributed by atoms with E-state index in [1.54, 1.807) is 33.5 Å². The number of hydrogen-bond donors (Lipinski definition) is 2. The number of aromatic nitrogens is 1. The first kappa shape index (κ1) is 18.3. The molecule has 3 rings (SSSR count). The molecule has 0 unspecified atom stereocenters. The van der Waals surface area contributed by atoms with Gasteiger partial charge in [0.1, 0.15) is 5.75 Å². The number of carbonyl (C=O) groups is 1. The Morgan fingerprint density at radius 1 is 1.04 bits per heavy atom. The fraction of sp³-hybridized carbons (Fsp3) is 0.200. The number of benzene rings is 2. The van der Waals surface area contributed by atoms with Crippen molar-refractivity contribution in [3.05, 3.63) is 47.7 Å². The molecule has 3 aromatic rings. The molecule has 0 fully saturated rings. The van der Waals surface area contributed by atoms with Crippen molar-refractivity contribution in [2.75, 3.05) is 26.6 Å². The van der Waals surface area contributed by atoms with E-state index in [1.807, 2.05) is 25.1 Å². The number of ether oxygens (including phenoxy) is 3. The molecule has 7 nitrogen and oxygen atoms in total. The van der Waals surface area contributed by atoms with E-state index >= 15 is 0 Å². The van der Waals surface area contributed by atoms with E-state index in [1.165, 1.54) is 6.20 Å². The summed E-state index contributed by atoms with van der Waals surface area (Å²) in [6.07, 6.45) is 1.45. The molecule has 0 atom stereocenters. The zero-order valence-electron chi connectivity index (χ0n) is 15.6. The molecular weight excluding hydrogens is 346 g/mol. The number of methoxy groups -OCH3 is 3. The third kappa shape index (κ3) is 3.31. The Kier molecular flexibility index (Phi) is 5.03. The summed E-state index contributed by atoms with van der Waals surface area (Å²) in [5, 5.41) is 4.00. The van der Waals surface area contributed by atoms with Gasteiger partial charge in [0, 0.05) is 28.9 Å². The van der Waals surface area contributed by atoms with Crippen LogP contribution in [0.5, 0.6) is 17.2 Å². The summed E-state index contributed by atoms with van der Waals surface area (Å²) in [4.78, 5) is 16.3. The van der Waals surface area contributed by atoms with Gasteiger partial charge in [-0.15, -0.1) is 0 Å². The fourth-order valence-electron chi connectivity index (χ4n) is 2.95. The van der Waals surface area contributed by atoms with Crippen molar-refractivity contribution in [3.63, 3.8) is 0 Å². The number of nitrogens with zero attached hydrogens (tertiary/aromatic N) is 1. The average molecular weight is 367 g/mol. The van der Waals surface area contributed by atoms with Crippen molar-refractivity contribution in [2.24, 2.45) is 5.73 Å². The summed E-state index contributed by atoms with van der Waals surface area (Å²) in [6, 6.07) is 9.16. The lowest BCUT2D eigenvalue weighted by atomic mass is 10.1. The van der Waals surface area contributed by atoms with Crippen molar-refractivity contribution < 1.29 is 19.0 Å². The highest BCUT2D eigenvalue weighted by Crippen LogP contribution is 2.38. The number of anilines is 2.